The predicted octanol–water partition coefficient (Wildman–Crippen LogP) is 1.15. The van der Waals surface area contributed by atoms with Gasteiger partial charge in [-0.05, 0) is 6.92 Å². The van der Waals surface area contributed by atoms with E-state index in [0.29, 0.717) is 9.88 Å². The van der Waals surface area contributed by atoms with Gasteiger partial charge in [-0.25, -0.2) is 0 Å². The molecule has 0 radical (unpaired) electrons. The van der Waals surface area contributed by atoms with Gasteiger partial charge in [-0.15, -0.1) is 11.3 Å². The highest BCUT2D eigenvalue weighted by atomic mass is 32.1. The van der Waals surface area contributed by atoms with Crippen molar-refractivity contribution < 1.29 is 19.9 Å². The second kappa shape index (κ2) is 6.80. The number of likely N-dealkylation sites (N-methyl/N-ethyl adjacent to an activating group) is 1. The SMILES string of the molecule is COCC(O)CN(C)c1sc([C@H](C)O)cc1[N+](=O)[O-]. The number of methoxy groups -OCH3 is 1. The van der Waals surface area contributed by atoms with Crippen molar-refractivity contribution in [1.82, 2.24) is 0 Å². The average Bonchev–Trinajstić information content (AvgIpc) is 2.73. The fourth-order valence-electron chi connectivity index (χ4n) is 1.64. The van der Waals surface area contributed by atoms with Gasteiger partial charge in [-0.3, -0.25) is 10.1 Å². The second-order valence-electron chi connectivity index (χ2n) is 4.26. The van der Waals surface area contributed by atoms with E-state index in [4.69, 9.17) is 4.74 Å². The van der Waals surface area contributed by atoms with Crippen LogP contribution in [0.15, 0.2) is 6.07 Å². The maximum atomic E-state index is 11.0. The molecule has 0 bridgehead atoms. The Kier molecular flexibility index (Phi) is 5.67. The average molecular weight is 290 g/mol. The van der Waals surface area contributed by atoms with Crippen LogP contribution in [0, 0.1) is 10.1 Å². The number of aliphatic hydroxyl groups is 2. The minimum absolute atomic E-state index is 0.0620. The highest BCUT2D eigenvalue weighted by Gasteiger charge is 2.24. The molecule has 0 amide bonds. The lowest BCUT2D eigenvalue weighted by Crippen LogP contribution is -2.31. The molecule has 1 unspecified atom stereocenters. The first-order valence-electron chi connectivity index (χ1n) is 5.71. The smallest absolute Gasteiger partial charge is 0.304 e. The van der Waals surface area contributed by atoms with Crippen molar-refractivity contribution in [2.24, 2.45) is 0 Å². The highest BCUT2D eigenvalue weighted by molar-refractivity contribution is 7.16. The number of ether oxygens (including phenoxy) is 1. The molecule has 0 saturated heterocycles. The molecule has 2 atom stereocenters. The third kappa shape index (κ3) is 4.13. The third-order valence-electron chi connectivity index (χ3n) is 2.51. The normalized spacial score (nSPS) is 14.2. The molecule has 19 heavy (non-hydrogen) atoms. The first-order chi connectivity index (χ1) is 8.86. The highest BCUT2D eigenvalue weighted by Crippen LogP contribution is 2.39. The summed E-state index contributed by atoms with van der Waals surface area (Å²) >= 11 is 1.15. The number of thiophene rings is 1. The van der Waals surface area contributed by atoms with E-state index < -0.39 is 17.1 Å². The van der Waals surface area contributed by atoms with E-state index in [1.165, 1.54) is 13.2 Å². The molecular weight excluding hydrogens is 272 g/mol. The lowest BCUT2D eigenvalue weighted by atomic mass is 10.3. The van der Waals surface area contributed by atoms with E-state index in [-0.39, 0.29) is 18.8 Å². The molecule has 0 aromatic carbocycles. The number of hydrogen-bond acceptors (Lipinski definition) is 7. The molecule has 0 saturated carbocycles. The summed E-state index contributed by atoms with van der Waals surface area (Å²) in [6.45, 7) is 1.93. The van der Waals surface area contributed by atoms with Crippen molar-refractivity contribution in [2.45, 2.75) is 19.1 Å². The summed E-state index contributed by atoms with van der Waals surface area (Å²) < 4.78 is 4.81. The van der Waals surface area contributed by atoms with Gasteiger partial charge in [0, 0.05) is 31.6 Å². The van der Waals surface area contributed by atoms with Crippen LogP contribution in [0.3, 0.4) is 0 Å². The molecule has 1 aromatic heterocycles. The van der Waals surface area contributed by atoms with Crippen LogP contribution in [-0.4, -0.2) is 48.5 Å². The van der Waals surface area contributed by atoms with Gasteiger partial charge in [-0.1, -0.05) is 0 Å². The van der Waals surface area contributed by atoms with Crippen molar-refractivity contribution in [2.75, 3.05) is 32.2 Å². The molecule has 0 aliphatic rings. The van der Waals surface area contributed by atoms with E-state index in [1.807, 2.05) is 0 Å². The number of nitro groups is 1. The first-order valence-corrected chi connectivity index (χ1v) is 6.52. The monoisotopic (exact) mass is 290 g/mol. The van der Waals surface area contributed by atoms with E-state index in [0.717, 1.165) is 11.3 Å². The molecule has 0 aliphatic carbocycles. The van der Waals surface area contributed by atoms with Crippen LogP contribution in [0.5, 0.6) is 0 Å². The molecular formula is C11H18N2O5S. The lowest BCUT2D eigenvalue weighted by molar-refractivity contribution is -0.383. The van der Waals surface area contributed by atoms with Crippen molar-refractivity contribution in [3.05, 3.63) is 21.1 Å². The van der Waals surface area contributed by atoms with Crippen LogP contribution in [0.4, 0.5) is 10.7 Å². The van der Waals surface area contributed by atoms with Gasteiger partial charge < -0.3 is 19.8 Å². The van der Waals surface area contributed by atoms with Gasteiger partial charge in [-0.2, -0.15) is 0 Å². The zero-order valence-electron chi connectivity index (χ0n) is 11.1. The summed E-state index contributed by atoms with van der Waals surface area (Å²) in [5.74, 6) is 0. The molecule has 108 valence electrons. The molecule has 0 fully saturated rings. The number of aliphatic hydroxyl groups excluding tert-OH is 2. The summed E-state index contributed by atoms with van der Waals surface area (Å²) in [5, 5.41) is 30.5. The van der Waals surface area contributed by atoms with Crippen LogP contribution < -0.4 is 4.90 Å². The maximum absolute atomic E-state index is 11.0. The quantitative estimate of drug-likeness (QED) is 0.577. The number of rotatable bonds is 7. The Morgan fingerprint density at radius 1 is 1.58 bits per heavy atom. The maximum Gasteiger partial charge on any atom is 0.304 e. The Hall–Kier alpha value is -1.22. The first kappa shape index (κ1) is 15.8. The van der Waals surface area contributed by atoms with Gasteiger partial charge in [0.15, 0.2) is 5.00 Å². The molecule has 7 nitrogen and oxygen atoms in total. The Labute approximate surface area is 115 Å². The Morgan fingerprint density at radius 3 is 2.68 bits per heavy atom. The summed E-state index contributed by atoms with van der Waals surface area (Å²) in [6, 6.07) is 1.36. The minimum Gasteiger partial charge on any atom is -0.389 e. The van der Waals surface area contributed by atoms with Crippen LogP contribution in [0.1, 0.15) is 17.9 Å². The second-order valence-corrected chi connectivity index (χ2v) is 5.32. The van der Waals surface area contributed by atoms with Gasteiger partial charge in [0.1, 0.15) is 0 Å². The summed E-state index contributed by atoms with van der Waals surface area (Å²) in [5.41, 5.74) is -0.0620. The predicted molar refractivity (Wildman–Crippen MR) is 72.8 cm³/mol. The Morgan fingerprint density at radius 2 is 2.21 bits per heavy atom. The Balaban J connectivity index is 2.94. The Bertz CT molecular complexity index is 435. The van der Waals surface area contributed by atoms with Crippen molar-refractivity contribution in [3.63, 3.8) is 0 Å². The van der Waals surface area contributed by atoms with Crippen LogP contribution in [0.25, 0.3) is 0 Å². The van der Waals surface area contributed by atoms with Crippen LogP contribution >= 0.6 is 11.3 Å². The van der Waals surface area contributed by atoms with Crippen LogP contribution in [0.2, 0.25) is 0 Å². The molecule has 2 N–H and O–H groups in total. The van der Waals surface area contributed by atoms with E-state index >= 15 is 0 Å². The van der Waals surface area contributed by atoms with Crippen molar-refractivity contribution in [1.29, 1.82) is 0 Å². The topological polar surface area (TPSA) is 96.1 Å². The van der Waals surface area contributed by atoms with Crippen molar-refractivity contribution >= 4 is 22.0 Å². The van der Waals surface area contributed by atoms with Gasteiger partial charge in [0.05, 0.1) is 23.7 Å². The number of anilines is 1. The molecule has 0 aliphatic heterocycles. The third-order valence-corrected chi connectivity index (χ3v) is 3.92. The minimum atomic E-state index is -0.755. The molecule has 8 heteroatoms. The van der Waals surface area contributed by atoms with E-state index in [2.05, 4.69) is 0 Å². The molecule has 1 rings (SSSR count). The molecule has 1 heterocycles. The van der Waals surface area contributed by atoms with Crippen LogP contribution in [-0.2, 0) is 4.74 Å². The fraction of sp³-hybridized carbons (Fsp3) is 0.636. The number of hydrogen-bond donors (Lipinski definition) is 2. The largest absolute Gasteiger partial charge is 0.389 e. The summed E-state index contributed by atoms with van der Waals surface area (Å²) in [7, 11) is 3.13. The zero-order valence-corrected chi connectivity index (χ0v) is 11.9. The van der Waals surface area contributed by atoms with E-state index in [9.17, 15) is 20.3 Å². The fourth-order valence-corrected chi connectivity index (χ4v) is 2.68. The van der Waals surface area contributed by atoms with Gasteiger partial charge in [0.2, 0.25) is 0 Å². The molecule has 0 spiro atoms. The lowest BCUT2D eigenvalue weighted by Gasteiger charge is -2.20. The zero-order chi connectivity index (χ0) is 14.6. The van der Waals surface area contributed by atoms with Gasteiger partial charge in [0.25, 0.3) is 0 Å². The summed E-state index contributed by atoms with van der Waals surface area (Å²) in [4.78, 5) is 12.6. The standard InChI is InChI=1S/C11H18N2O5S/c1-7(14)10-4-9(13(16)17)11(19-10)12(2)5-8(15)6-18-3/h4,7-8,14-15H,5-6H2,1-3H3/t7-,8?/m0/s1. The molecule has 1 aromatic rings. The number of nitrogens with zero attached hydrogens (tertiary/aromatic N) is 2. The van der Waals surface area contributed by atoms with Crippen molar-refractivity contribution in [3.8, 4) is 0 Å². The van der Waals surface area contributed by atoms with Gasteiger partial charge >= 0.3 is 5.69 Å². The summed E-state index contributed by atoms with van der Waals surface area (Å²) in [6.07, 6.45) is -1.48. The van der Waals surface area contributed by atoms with E-state index in [1.54, 1.807) is 18.9 Å².